The number of ether oxygens (including phenoxy) is 3. The third kappa shape index (κ3) is 3.35. The molecule has 1 aromatic rings. The van der Waals surface area contributed by atoms with Crippen LogP contribution in [0.5, 0.6) is 11.5 Å². The maximum atomic E-state index is 5.73. The molecule has 1 fully saturated rings. The van der Waals surface area contributed by atoms with Gasteiger partial charge in [0.05, 0.1) is 6.61 Å². The van der Waals surface area contributed by atoms with Gasteiger partial charge in [0.15, 0.2) is 11.5 Å². The molecule has 0 bridgehead atoms. The first kappa shape index (κ1) is 15.1. The number of hydrogen-bond acceptors (Lipinski definition) is 4. The summed E-state index contributed by atoms with van der Waals surface area (Å²) in [6.07, 6.45) is 2.22. The highest BCUT2D eigenvalue weighted by Crippen LogP contribution is 2.40. The summed E-state index contributed by atoms with van der Waals surface area (Å²) in [5.74, 6) is 2.19. The fraction of sp³-hybridized carbons (Fsp3) is 0.625. The van der Waals surface area contributed by atoms with Crippen molar-refractivity contribution in [3.05, 3.63) is 22.2 Å². The van der Waals surface area contributed by atoms with Crippen molar-refractivity contribution in [2.75, 3.05) is 33.0 Å². The minimum Gasteiger partial charge on any atom is -0.486 e. The summed E-state index contributed by atoms with van der Waals surface area (Å²) in [7, 11) is 0. The van der Waals surface area contributed by atoms with Crippen LogP contribution in [0.2, 0.25) is 0 Å². The first-order valence-corrected chi connectivity index (χ1v) is 8.49. The Labute approximate surface area is 134 Å². The van der Waals surface area contributed by atoms with E-state index in [9.17, 15) is 0 Å². The maximum Gasteiger partial charge on any atom is 0.162 e. The van der Waals surface area contributed by atoms with E-state index in [1.165, 1.54) is 5.56 Å². The number of benzene rings is 1. The van der Waals surface area contributed by atoms with Gasteiger partial charge in [-0.2, -0.15) is 0 Å². The minimum absolute atomic E-state index is 0.289. The van der Waals surface area contributed by atoms with E-state index in [-0.39, 0.29) is 6.04 Å². The number of rotatable bonds is 5. The van der Waals surface area contributed by atoms with Crippen molar-refractivity contribution in [1.82, 2.24) is 5.32 Å². The van der Waals surface area contributed by atoms with Gasteiger partial charge < -0.3 is 19.5 Å². The number of nitrogens with one attached hydrogen (secondary N) is 1. The molecule has 0 aromatic heterocycles. The molecule has 2 atom stereocenters. The van der Waals surface area contributed by atoms with Crippen LogP contribution in [0, 0.1) is 5.92 Å². The van der Waals surface area contributed by atoms with E-state index in [4.69, 9.17) is 14.2 Å². The molecule has 5 heteroatoms. The average molecular weight is 356 g/mol. The minimum atomic E-state index is 0.289. The zero-order valence-electron chi connectivity index (χ0n) is 12.4. The molecule has 1 N–H and O–H groups in total. The average Bonchev–Trinajstić information content (AvgIpc) is 3.02. The van der Waals surface area contributed by atoms with Gasteiger partial charge in [0.25, 0.3) is 0 Å². The van der Waals surface area contributed by atoms with Gasteiger partial charge in [-0.25, -0.2) is 0 Å². The molecule has 1 aromatic carbocycles. The van der Waals surface area contributed by atoms with Gasteiger partial charge in [-0.05, 0) is 37.1 Å². The highest BCUT2D eigenvalue weighted by Gasteiger charge is 2.29. The van der Waals surface area contributed by atoms with Gasteiger partial charge in [-0.1, -0.05) is 22.9 Å². The van der Waals surface area contributed by atoms with Crippen molar-refractivity contribution in [3.63, 3.8) is 0 Å². The third-order valence-electron chi connectivity index (χ3n) is 4.05. The van der Waals surface area contributed by atoms with Crippen LogP contribution in [-0.2, 0) is 4.74 Å². The maximum absolute atomic E-state index is 5.73. The van der Waals surface area contributed by atoms with Crippen molar-refractivity contribution in [2.24, 2.45) is 5.92 Å². The molecule has 2 unspecified atom stereocenters. The molecule has 2 heterocycles. The van der Waals surface area contributed by atoms with Crippen molar-refractivity contribution in [2.45, 2.75) is 25.8 Å². The topological polar surface area (TPSA) is 39.7 Å². The van der Waals surface area contributed by atoms with Crippen molar-refractivity contribution >= 4 is 15.9 Å². The third-order valence-corrected chi connectivity index (χ3v) is 4.73. The van der Waals surface area contributed by atoms with E-state index in [0.29, 0.717) is 19.1 Å². The molecule has 3 rings (SSSR count). The lowest BCUT2D eigenvalue weighted by atomic mass is 9.92. The smallest absolute Gasteiger partial charge is 0.162 e. The fourth-order valence-electron chi connectivity index (χ4n) is 2.96. The Morgan fingerprint density at radius 1 is 1.24 bits per heavy atom. The zero-order valence-corrected chi connectivity index (χ0v) is 13.9. The summed E-state index contributed by atoms with van der Waals surface area (Å²) in [6, 6.07) is 4.43. The van der Waals surface area contributed by atoms with Crippen LogP contribution < -0.4 is 14.8 Å². The lowest BCUT2D eigenvalue weighted by Gasteiger charge is -2.27. The second-order valence-corrected chi connectivity index (χ2v) is 6.43. The van der Waals surface area contributed by atoms with E-state index in [2.05, 4.69) is 34.2 Å². The monoisotopic (exact) mass is 355 g/mol. The van der Waals surface area contributed by atoms with Crippen molar-refractivity contribution in [1.29, 1.82) is 0 Å². The summed E-state index contributed by atoms with van der Waals surface area (Å²) in [6.45, 7) is 6.11. The molecule has 21 heavy (non-hydrogen) atoms. The highest BCUT2D eigenvalue weighted by atomic mass is 79.9. The standard InChI is InChI=1S/C16H22BrNO3/c1-2-4-18-16(11-3-5-19-10-11)12-8-14-15(9-13(12)17)21-7-6-20-14/h8-9,11,16,18H,2-7,10H2,1H3. The molecule has 0 aliphatic carbocycles. The van der Waals surface area contributed by atoms with Crippen molar-refractivity contribution in [3.8, 4) is 11.5 Å². The van der Waals surface area contributed by atoms with Crippen LogP contribution in [0.1, 0.15) is 31.4 Å². The Kier molecular flexibility index (Phi) is 5.03. The van der Waals surface area contributed by atoms with Gasteiger partial charge >= 0.3 is 0 Å². The second kappa shape index (κ2) is 6.99. The summed E-state index contributed by atoms with van der Waals surface area (Å²) in [4.78, 5) is 0. The first-order chi connectivity index (χ1) is 10.3. The largest absolute Gasteiger partial charge is 0.486 e. The quantitative estimate of drug-likeness (QED) is 0.879. The van der Waals surface area contributed by atoms with Crippen LogP contribution in [0.15, 0.2) is 16.6 Å². The molecule has 0 amide bonds. The second-order valence-electron chi connectivity index (χ2n) is 5.57. The highest BCUT2D eigenvalue weighted by molar-refractivity contribution is 9.10. The predicted octanol–water partition coefficient (Wildman–Crippen LogP) is 3.30. The molecule has 0 saturated carbocycles. The van der Waals surface area contributed by atoms with E-state index in [1.54, 1.807) is 0 Å². The van der Waals surface area contributed by atoms with Crippen LogP contribution in [0.4, 0.5) is 0 Å². The molecule has 1 saturated heterocycles. The van der Waals surface area contributed by atoms with Gasteiger partial charge in [-0.15, -0.1) is 0 Å². The molecule has 2 aliphatic rings. The molecular formula is C16H22BrNO3. The SMILES string of the molecule is CCCNC(c1cc2c(cc1Br)OCCO2)C1CCOC1. The Bertz CT molecular complexity index is 489. The summed E-state index contributed by atoms with van der Waals surface area (Å²) < 4.78 is 18.0. The normalized spacial score (nSPS) is 22.3. The number of fused-ring (bicyclic) bond motifs is 1. The van der Waals surface area contributed by atoms with E-state index >= 15 is 0 Å². The summed E-state index contributed by atoms with van der Waals surface area (Å²) >= 11 is 3.70. The fourth-order valence-corrected chi connectivity index (χ4v) is 3.53. The van der Waals surface area contributed by atoms with Gasteiger partial charge in [0.2, 0.25) is 0 Å². The van der Waals surface area contributed by atoms with Crippen LogP contribution in [-0.4, -0.2) is 33.0 Å². The molecule has 4 nitrogen and oxygen atoms in total. The number of halogens is 1. The first-order valence-electron chi connectivity index (χ1n) is 7.69. The van der Waals surface area contributed by atoms with E-state index < -0.39 is 0 Å². The van der Waals surface area contributed by atoms with E-state index in [1.807, 2.05) is 6.07 Å². The Balaban J connectivity index is 1.89. The number of hydrogen-bond donors (Lipinski definition) is 1. The summed E-state index contributed by atoms with van der Waals surface area (Å²) in [5.41, 5.74) is 1.24. The summed E-state index contributed by atoms with van der Waals surface area (Å²) in [5, 5.41) is 3.67. The van der Waals surface area contributed by atoms with Crippen LogP contribution in [0.25, 0.3) is 0 Å². The van der Waals surface area contributed by atoms with Gasteiger partial charge in [0, 0.05) is 23.0 Å². The Morgan fingerprint density at radius 2 is 2.00 bits per heavy atom. The molecule has 0 spiro atoms. The Hall–Kier alpha value is -0.780. The molecular weight excluding hydrogens is 334 g/mol. The lowest BCUT2D eigenvalue weighted by Crippen LogP contribution is -2.30. The molecule has 0 radical (unpaired) electrons. The van der Waals surface area contributed by atoms with Gasteiger partial charge in [0.1, 0.15) is 13.2 Å². The zero-order chi connectivity index (χ0) is 14.7. The van der Waals surface area contributed by atoms with Crippen molar-refractivity contribution < 1.29 is 14.2 Å². The molecule has 116 valence electrons. The lowest BCUT2D eigenvalue weighted by molar-refractivity contribution is 0.169. The van der Waals surface area contributed by atoms with Crippen LogP contribution >= 0.6 is 15.9 Å². The van der Waals surface area contributed by atoms with Crippen LogP contribution in [0.3, 0.4) is 0 Å². The van der Waals surface area contributed by atoms with E-state index in [0.717, 1.165) is 48.6 Å². The predicted molar refractivity (Wildman–Crippen MR) is 85.1 cm³/mol. The molecule has 2 aliphatic heterocycles. The van der Waals surface area contributed by atoms with Gasteiger partial charge in [-0.3, -0.25) is 0 Å². The Morgan fingerprint density at radius 3 is 2.67 bits per heavy atom.